The second-order valence-electron chi connectivity index (χ2n) is 4.05. The lowest BCUT2D eigenvalue weighted by atomic mass is 10.5. The van der Waals surface area contributed by atoms with Crippen molar-refractivity contribution in [2.45, 2.75) is 24.4 Å². The van der Waals surface area contributed by atoms with E-state index in [9.17, 15) is 8.42 Å². The van der Waals surface area contributed by atoms with Crippen molar-refractivity contribution in [1.29, 1.82) is 0 Å². The van der Waals surface area contributed by atoms with Crippen LogP contribution in [-0.2, 0) is 23.1 Å². The van der Waals surface area contributed by atoms with Gasteiger partial charge in [0, 0.05) is 30.8 Å². The van der Waals surface area contributed by atoms with Crippen LogP contribution in [0, 0.1) is 0 Å². The monoisotopic (exact) mass is 379 g/mol. The molecule has 0 saturated heterocycles. The molecule has 0 unspecified atom stereocenters. The molecule has 0 aromatic carbocycles. The first-order valence-electron chi connectivity index (χ1n) is 5.88. The maximum Gasteiger partial charge on any atom is 0.244 e. The van der Waals surface area contributed by atoms with E-state index in [0.29, 0.717) is 13.0 Å². The van der Waals surface area contributed by atoms with Crippen molar-refractivity contribution in [2.75, 3.05) is 6.61 Å². The number of aliphatic hydroxyl groups excluding tert-OH is 1. The number of halogens is 1. The average Bonchev–Trinajstić information content (AvgIpc) is 3.03. The lowest BCUT2D eigenvalue weighted by molar-refractivity contribution is 0.277. The van der Waals surface area contributed by atoms with Crippen molar-refractivity contribution in [1.82, 2.24) is 14.5 Å². The first-order chi connectivity index (χ1) is 9.51. The topological polar surface area (TPSA) is 84.2 Å². The lowest BCUT2D eigenvalue weighted by Crippen LogP contribution is -2.22. The normalized spacial score (nSPS) is 11.9. The van der Waals surface area contributed by atoms with Gasteiger partial charge in [0.15, 0.2) is 0 Å². The molecule has 2 aromatic rings. The van der Waals surface area contributed by atoms with Crippen LogP contribution < -0.4 is 4.72 Å². The molecule has 6 nitrogen and oxygen atoms in total. The minimum atomic E-state index is -3.56. The first-order valence-corrected chi connectivity index (χ1v) is 8.98. The van der Waals surface area contributed by atoms with Gasteiger partial charge in [-0.2, -0.15) is 5.10 Å². The molecule has 0 spiro atoms. The Bertz CT molecular complexity index is 666. The van der Waals surface area contributed by atoms with Gasteiger partial charge < -0.3 is 5.11 Å². The van der Waals surface area contributed by atoms with Gasteiger partial charge in [0.05, 0.1) is 9.98 Å². The molecule has 0 amide bonds. The number of aliphatic hydroxyl groups is 1. The summed E-state index contributed by atoms with van der Waals surface area (Å²) in [5.74, 6) is 0. The van der Waals surface area contributed by atoms with Gasteiger partial charge in [-0.3, -0.25) is 4.68 Å². The van der Waals surface area contributed by atoms with Gasteiger partial charge in [0.1, 0.15) is 4.90 Å². The lowest BCUT2D eigenvalue weighted by Gasteiger charge is -2.02. The molecular weight excluding hydrogens is 366 g/mol. The molecule has 0 radical (unpaired) electrons. The molecule has 0 aliphatic rings. The molecule has 0 saturated carbocycles. The Kier molecular flexibility index (Phi) is 5.33. The average molecular weight is 380 g/mol. The number of nitrogens with zero attached hydrogens (tertiary/aromatic N) is 2. The highest BCUT2D eigenvalue weighted by Crippen LogP contribution is 2.22. The molecule has 2 rings (SSSR count). The highest BCUT2D eigenvalue weighted by molar-refractivity contribution is 9.11. The Balaban J connectivity index is 2.00. The summed E-state index contributed by atoms with van der Waals surface area (Å²) >= 11 is 4.81. The van der Waals surface area contributed by atoms with Gasteiger partial charge in [0.2, 0.25) is 10.0 Å². The van der Waals surface area contributed by atoms with E-state index in [1.807, 2.05) is 12.1 Å². The van der Waals surface area contributed by atoms with Crippen LogP contribution in [0.4, 0.5) is 0 Å². The van der Waals surface area contributed by atoms with Crippen LogP contribution in [0.5, 0.6) is 0 Å². The zero-order chi connectivity index (χ0) is 14.6. The predicted octanol–water partition coefficient (Wildman–Crippen LogP) is 1.57. The fraction of sp³-hybridized carbons (Fsp3) is 0.364. The second kappa shape index (κ2) is 6.81. The maximum atomic E-state index is 12.1. The second-order valence-corrected chi connectivity index (χ2v) is 8.36. The number of hydrogen-bond acceptors (Lipinski definition) is 5. The van der Waals surface area contributed by atoms with Crippen molar-refractivity contribution < 1.29 is 13.5 Å². The summed E-state index contributed by atoms with van der Waals surface area (Å²) < 4.78 is 29.2. The molecule has 0 atom stereocenters. The third kappa shape index (κ3) is 4.13. The highest BCUT2D eigenvalue weighted by atomic mass is 79.9. The van der Waals surface area contributed by atoms with E-state index in [0.717, 1.165) is 8.66 Å². The van der Waals surface area contributed by atoms with Crippen LogP contribution in [0.25, 0.3) is 0 Å². The van der Waals surface area contributed by atoms with Crippen molar-refractivity contribution in [2.24, 2.45) is 0 Å². The van der Waals surface area contributed by atoms with E-state index in [4.69, 9.17) is 5.11 Å². The summed E-state index contributed by atoms with van der Waals surface area (Å²) in [6.45, 7) is 0.789. The Hall–Kier alpha value is -0.740. The smallest absolute Gasteiger partial charge is 0.244 e. The fourth-order valence-electron chi connectivity index (χ4n) is 1.53. The van der Waals surface area contributed by atoms with Crippen molar-refractivity contribution in [3.05, 3.63) is 33.2 Å². The van der Waals surface area contributed by atoms with Gasteiger partial charge >= 0.3 is 0 Å². The third-order valence-electron chi connectivity index (χ3n) is 2.53. The largest absolute Gasteiger partial charge is 0.396 e. The number of nitrogens with one attached hydrogen (secondary N) is 1. The molecule has 20 heavy (non-hydrogen) atoms. The number of aromatic nitrogens is 2. The predicted molar refractivity (Wildman–Crippen MR) is 80.0 cm³/mol. The Morgan fingerprint density at radius 2 is 2.25 bits per heavy atom. The summed E-state index contributed by atoms with van der Waals surface area (Å²) in [5.41, 5.74) is 0. The van der Waals surface area contributed by atoms with Crippen LogP contribution in [0.1, 0.15) is 11.3 Å². The van der Waals surface area contributed by atoms with Gasteiger partial charge in [-0.25, -0.2) is 13.1 Å². The fourth-order valence-corrected chi connectivity index (χ4v) is 4.01. The summed E-state index contributed by atoms with van der Waals surface area (Å²) in [6, 6.07) is 3.74. The molecule has 0 aliphatic heterocycles. The van der Waals surface area contributed by atoms with Gasteiger partial charge in [-0.15, -0.1) is 11.3 Å². The molecule has 0 bridgehead atoms. The highest BCUT2D eigenvalue weighted by Gasteiger charge is 2.16. The quantitative estimate of drug-likeness (QED) is 0.764. The minimum absolute atomic E-state index is 0.0491. The number of thiophene rings is 1. The number of hydrogen-bond donors (Lipinski definition) is 2. The van der Waals surface area contributed by atoms with E-state index in [1.54, 1.807) is 0 Å². The molecule has 2 aromatic heterocycles. The van der Waals surface area contributed by atoms with Gasteiger partial charge in [0.25, 0.3) is 0 Å². The van der Waals surface area contributed by atoms with Crippen LogP contribution in [0.3, 0.4) is 0 Å². The van der Waals surface area contributed by atoms with Crippen LogP contribution in [0.2, 0.25) is 0 Å². The first kappa shape index (κ1) is 15.6. The standard InChI is InChI=1S/C11H14BrN3O3S2/c12-11-3-2-9(19-11)6-14-20(17,18)10-7-13-15(8-10)4-1-5-16/h2-3,7-8,14,16H,1,4-6H2. The molecular formula is C11H14BrN3O3S2. The number of rotatable bonds is 7. The van der Waals surface area contributed by atoms with E-state index in [2.05, 4.69) is 25.8 Å². The Morgan fingerprint density at radius 3 is 2.90 bits per heavy atom. The summed E-state index contributed by atoms with van der Waals surface area (Å²) in [4.78, 5) is 1.05. The van der Waals surface area contributed by atoms with E-state index in [-0.39, 0.29) is 18.0 Å². The maximum absolute atomic E-state index is 12.1. The van der Waals surface area contributed by atoms with Crippen LogP contribution in [0.15, 0.2) is 33.2 Å². The third-order valence-corrected chi connectivity index (χ3v) is 5.51. The van der Waals surface area contributed by atoms with E-state index < -0.39 is 10.0 Å². The molecule has 0 aliphatic carbocycles. The van der Waals surface area contributed by atoms with Gasteiger partial charge in [-0.1, -0.05) is 0 Å². The molecule has 2 N–H and O–H groups in total. The summed E-state index contributed by atoms with van der Waals surface area (Å²) in [6.07, 6.45) is 3.31. The minimum Gasteiger partial charge on any atom is -0.396 e. The van der Waals surface area contributed by atoms with Crippen molar-refractivity contribution >= 4 is 37.3 Å². The number of aryl methyl sites for hydroxylation is 1. The Morgan fingerprint density at radius 1 is 1.45 bits per heavy atom. The zero-order valence-electron chi connectivity index (χ0n) is 10.5. The Labute approximate surface area is 129 Å². The summed E-state index contributed by atoms with van der Waals surface area (Å²) in [5, 5.41) is 12.7. The van der Waals surface area contributed by atoms with E-state index >= 15 is 0 Å². The van der Waals surface area contributed by atoms with Crippen LogP contribution in [-0.4, -0.2) is 29.9 Å². The number of sulfonamides is 1. The van der Waals surface area contributed by atoms with E-state index in [1.165, 1.54) is 28.4 Å². The van der Waals surface area contributed by atoms with Gasteiger partial charge in [-0.05, 0) is 34.5 Å². The molecule has 0 fully saturated rings. The SMILES string of the molecule is O=S(=O)(NCc1ccc(Br)s1)c1cnn(CCCO)c1. The summed E-state index contributed by atoms with van der Waals surface area (Å²) in [7, 11) is -3.56. The van der Waals surface area contributed by atoms with Crippen molar-refractivity contribution in [3.8, 4) is 0 Å². The van der Waals surface area contributed by atoms with Crippen LogP contribution >= 0.6 is 27.3 Å². The molecule has 9 heteroatoms. The zero-order valence-corrected chi connectivity index (χ0v) is 13.7. The van der Waals surface area contributed by atoms with Crippen molar-refractivity contribution in [3.63, 3.8) is 0 Å². The molecule has 110 valence electrons. The molecule has 2 heterocycles.